The van der Waals surface area contributed by atoms with Crippen molar-refractivity contribution in [3.8, 4) is 11.1 Å². The Bertz CT molecular complexity index is 1210. The van der Waals surface area contributed by atoms with Crippen molar-refractivity contribution in [3.63, 3.8) is 0 Å². The lowest BCUT2D eigenvalue weighted by molar-refractivity contribution is 0.328. The van der Waals surface area contributed by atoms with Gasteiger partial charge in [-0.1, -0.05) is 126 Å². The molecule has 0 radical (unpaired) electrons. The zero-order valence-electron chi connectivity index (χ0n) is 26.5. The summed E-state index contributed by atoms with van der Waals surface area (Å²) in [5, 5.41) is 3.71. The summed E-state index contributed by atoms with van der Waals surface area (Å²) < 4.78 is 0. The molecule has 1 N–H and O–H groups in total. The summed E-state index contributed by atoms with van der Waals surface area (Å²) in [7, 11) is 0. The Morgan fingerprint density at radius 1 is 0.805 bits per heavy atom. The first-order valence-electron chi connectivity index (χ1n) is 16.7. The molecule has 0 aromatic heterocycles. The van der Waals surface area contributed by atoms with E-state index in [0.29, 0.717) is 6.04 Å². The highest BCUT2D eigenvalue weighted by Crippen LogP contribution is 2.30. The van der Waals surface area contributed by atoms with Crippen LogP contribution >= 0.6 is 0 Å². The summed E-state index contributed by atoms with van der Waals surface area (Å²) >= 11 is 0. The molecule has 1 unspecified atom stereocenters. The third-order valence-electron chi connectivity index (χ3n) is 9.37. The second kappa shape index (κ2) is 16.0. The number of hydrogen-bond donors (Lipinski definition) is 1. The Hall–Kier alpha value is -2.80. The molecule has 0 bridgehead atoms. The van der Waals surface area contributed by atoms with E-state index in [1.165, 1.54) is 116 Å². The van der Waals surface area contributed by atoms with Crippen LogP contribution in [0.25, 0.3) is 16.8 Å². The number of hydrogen-bond acceptors (Lipinski definition) is 1. The van der Waals surface area contributed by atoms with Crippen LogP contribution in [0.4, 0.5) is 0 Å². The van der Waals surface area contributed by atoms with Gasteiger partial charge in [-0.25, -0.2) is 0 Å². The minimum atomic E-state index is 0.593. The van der Waals surface area contributed by atoms with Gasteiger partial charge in [0.2, 0.25) is 0 Å². The van der Waals surface area contributed by atoms with Crippen LogP contribution in [0, 0.1) is 18.8 Å². The van der Waals surface area contributed by atoms with Crippen molar-refractivity contribution in [1.29, 1.82) is 0 Å². The fourth-order valence-electron chi connectivity index (χ4n) is 6.81. The van der Waals surface area contributed by atoms with E-state index in [0.717, 1.165) is 24.0 Å². The molecular formula is C40H55N. The molecule has 220 valence electrons. The first-order chi connectivity index (χ1) is 20.0. The van der Waals surface area contributed by atoms with Crippen LogP contribution in [-0.4, -0.2) is 6.04 Å². The van der Waals surface area contributed by atoms with Gasteiger partial charge < -0.3 is 5.32 Å². The lowest BCUT2D eigenvalue weighted by Gasteiger charge is -2.28. The smallest absolute Gasteiger partial charge is 0.0342 e. The van der Waals surface area contributed by atoms with E-state index in [-0.39, 0.29) is 0 Å². The van der Waals surface area contributed by atoms with Crippen LogP contribution in [0.5, 0.6) is 0 Å². The largest absolute Gasteiger partial charge is 0.382 e. The second-order valence-electron chi connectivity index (χ2n) is 12.9. The number of unbranched alkanes of at least 4 members (excludes halogenated alkanes) is 1. The van der Waals surface area contributed by atoms with Crippen LogP contribution in [-0.2, 0) is 19.3 Å². The number of aryl methyl sites for hydroxylation is 3. The Morgan fingerprint density at radius 2 is 1.54 bits per heavy atom. The van der Waals surface area contributed by atoms with Crippen molar-refractivity contribution in [1.82, 2.24) is 5.32 Å². The Kier molecular flexibility index (Phi) is 12.2. The molecule has 1 nitrogen and oxygen atoms in total. The lowest BCUT2D eigenvalue weighted by atomic mass is 9.87. The van der Waals surface area contributed by atoms with Gasteiger partial charge in [0.25, 0.3) is 0 Å². The van der Waals surface area contributed by atoms with Crippen molar-refractivity contribution < 1.29 is 0 Å². The SMILES string of the molecule is C=C(NC1CCC(C)CC1)c1ccc(CC(CCC)CCCCc2ccc(C)c(-c3ccccc3CCC)c2)cc1. The quantitative estimate of drug-likeness (QED) is 0.186. The molecule has 3 aromatic rings. The van der Waals surface area contributed by atoms with Crippen molar-refractivity contribution in [2.45, 2.75) is 117 Å². The number of rotatable bonds is 15. The van der Waals surface area contributed by atoms with Crippen molar-refractivity contribution in [2.24, 2.45) is 11.8 Å². The van der Waals surface area contributed by atoms with Crippen LogP contribution in [0.15, 0.2) is 73.3 Å². The van der Waals surface area contributed by atoms with Gasteiger partial charge in [-0.3, -0.25) is 0 Å². The predicted molar refractivity (Wildman–Crippen MR) is 180 cm³/mol. The molecule has 0 heterocycles. The average Bonchev–Trinajstić information content (AvgIpc) is 2.98. The van der Waals surface area contributed by atoms with Gasteiger partial charge in [0, 0.05) is 11.7 Å². The summed E-state index contributed by atoms with van der Waals surface area (Å²) in [4.78, 5) is 0. The van der Waals surface area contributed by atoms with E-state index in [1.807, 2.05) is 0 Å². The maximum atomic E-state index is 4.36. The number of benzene rings is 3. The molecule has 1 saturated carbocycles. The molecule has 1 heteroatoms. The highest BCUT2D eigenvalue weighted by Gasteiger charge is 2.18. The van der Waals surface area contributed by atoms with E-state index in [9.17, 15) is 0 Å². The molecule has 41 heavy (non-hydrogen) atoms. The van der Waals surface area contributed by atoms with Crippen molar-refractivity contribution >= 4 is 5.70 Å². The summed E-state index contributed by atoms with van der Waals surface area (Å²) in [6.07, 6.45) is 16.4. The van der Waals surface area contributed by atoms with E-state index in [4.69, 9.17) is 0 Å². The predicted octanol–water partition coefficient (Wildman–Crippen LogP) is 11.1. The van der Waals surface area contributed by atoms with Gasteiger partial charge in [0.1, 0.15) is 0 Å². The molecule has 1 aliphatic rings. The monoisotopic (exact) mass is 549 g/mol. The van der Waals surface area contributed by atoms with Crippen LogP contribution in [0.3, 0.4) is 0 Å². The second-order valence-corrected chi connectivity index (χ2v) is 12.9. The highest BCUT2D eigenvalue weighted by atomic mass is 14.9. The first kappa shape index (κ1) is 31.1. The van der Waals surface area contributed by atoms with Gasteiger partial charge >= 0.3 is 0 Å². The fraction of sp³-hybridized carbons (Fsp3) is 0.500. The molecule has 0 saturated heterocycles. The average molecular weight is 550 g/mol. The minimum absolute atomic E-state index is 0.593. The summed E-state index contributed by atoms with van der Waals surface area (Å²) in [5.74, 6) is 1.65. The zero-order chi connectivity index (χ0) is 29.0. The van der Waals surface area contributed by atoms with E-state index >= 15 is 0 Å². The minimum Gasteiger partial charge on any atom is -0.382 e. The highest BCUT2D eigenvalue weighted by molar-refractivity contribution is 5.71. The van der Waals surface area contributed by atoms with Gasteiger partial charge in [0.05, 0.1) is 0 Å². The normalized spacial score (nSPS) is 17.8. The molecule has 1 atom stereocenters. The summed E-state index contributed by atoms with van der Waals surface area (Å²) in [6, 6.07) is 26.0. The molecule has 0 amide bonds. The molecule has 1 fully saturated rings. The molecular weight excluding hydrogens is 494 g/mol. The molecule has 0 spiro atoms. The molecule has 3 aromatic carbocycles. The number of nitrogens with one attached hydrogen (secondary N) is 1. The van der Waals surface area contributed by atoms with Crippen molar-refractivity contribution in [3.05, 3.63) is 101 Å². The van der Waals surface area contributed by atoms with Gasteiger partial charge in [0.15, 0.2) is 0 Å². The maximum Gasteiger partial charge on any atom is 0.0342 e. The Morgan fingerprint density at radius 3 is 2.27 bits per heavy atom. The van der Waals surface area contributed by atoms with Crippen LogP contribution in [0.2, 0.25) is 0 Å². The third kappa shape index (κ3) is 9.35. The van der Waals surface area contributed by atoms with Crippen LogP contribution in [0.1, 0.15) is 113 Å². The van der Waals surface area contributed by atoms with Gasteiger partial charge in [-0.05, 0) is 109 Å². The van der Waals surface area contributed by atoms with E-state index in [2.05, 4.69) is 106 Å². The topological polar surface area (TPSA) is 12.0 Å². The molecule has 0 aliphatic heterocycles. The van der Waals surface area contributed by atoms with Crippen molar-refractivity contribution in [2.75, 3.05) is 0 Å². The fourth-order valence-corrected chi connectivity index (χ4v) is 6.81. The van der Waals surface area contributed by atoms with Gasteiger partial charge in [-0.2, -0.15) is 0 Å². The standard InChI is InChI=1S/C40H55N/c1-6-12-33(28-35-22-24-36(25-23-35)32(5)41-38-26-18-30(3)19-27-38)14-8-9-15-34-21-20-31(4)40(29-34)39-17-11-10-16-37(39)13-7-2/h10-11,16-17,20-25,29-30,33,38,41H,5-9,12-15,18-19,26-28H2,1-4H3. The Balaban J connectivity index is 1.27. The van der Waals surface area contributed by atoms with Gasteiger partial charge in [-0.15, -0.1) is 0 Å². The Labute approximate surface area is 251 Å². The summed E-state index contributed by atoms with van der Waals surface area (Å²) in [6.45, 7) is 13.6. The van der Waals surface area contributed by atoms with E-state index in [1.54, 1.807) is 0 Å². The molecule has 4 rings (SSSR count). The lowest BCUT2D eigenvalue weighted by Crippen LogP contribution is -2.31. The maximum absolute atomic E-state index is 4.36. The third-order valence-corrected chi connectivity index (χ3v) is 9.37. The molecule has 1 aliphatic carbocycles. The van der Waals surface area contributed by atoms with E-state index < -0.39 is 0 Å². The first-order valence-corrected chi connectivity index (χ1v) is 16.7. The zero-order valence-corrected chi connectivity index (χ0v) is 26.5. The summed E-state index contributed by atoms with van der Waals surface area (Å²) in [5.41, 5.74) is 11.0. The van der Waals surface area contributed by atoms with Crippen LogP contribution < -0.4 is 5.32 Å².